The topological polar surface area (TPSA) is 51.2 Å². The second-order valence-electron chi connectivity index (χ2n) is 8.13. The maximum Gasteiger partial charge on any atom is 0.224 e. The van der Waals surface area contributed by atoms with Gasteiger partial charge in [0, 0.05) is 0 Å². The Kier molecular flexibility index (Phi) is 5.30. The molecule has 1 saturated carbocycles. The number of amides is 1. The first kappa shape index (κ1) is 18.4. The van der Waals surface area contributed by atoms with Gasteiger partial charge in [-0.25, -0.2) is 0 Å². The zero-order valence-electron chi connectivity index (χ0n) is 16.1. The Morgan fingerprint density at radius 1 is 1.19 bits per heavy atom. The van der Waals surface area contributed by atoms with Gasteiger partial charge in [-0.2, -0.15) is 0 Å². The summed E-state index contributed by atoms with van der Waals surface area (Å²) in [5.41, 5.74) is 3.34. The number of benzene rings is 1. The average Bonchev–Trinajstić information content (AvgIpc) is 3.44. The molecule has 0 aliphatic heterocycles. The molecule has 1 amide bonds. The molecule has 3 rings (SSSR count). The van der Waals surface area contributed by atoms with E-state index in [1.165, 1.54) is 5.56 Å². The van der Waals surface area contributed by atoms with Crippen LogP contribution in [0.1, 0.15) is 56.5 Å². The third kappa shape index (κ3) is 4.63. The average molecular weight is 352 g/mol. The highest BCUT2D eigenvalue weighted by atomic mass is 16.5. The lowest BCUT2D eigenvalue weighted by molar-refractivity contribution is -0.121. The van der Waals surface area contributed by atoms with Crippen molar-refractivity contribution in [1.29, 1.82) is 0 Å². The molecule has 1 aliphatic rings. The van der Waals surface area contributed by atoms with Crippen molar-refractivity contribution in [2.75, 3.05) is 7.11 Å². The molecule has 0 radical (unpaired) electrons. The van der Waals surface area contributed by atoms with Crippen LogP contribution in [0.4, 0.5) is 0 Å². The van der Waals surface area contributed by atoms with Crippen LogP contribution in [0.5, 0.6) is 5.75 Å². The van der Waals surface area contributed by atoms with Crippen molar-refractivity contribution in [2.45, 2.75) is 51.5 Å². The first-order valence-corrected chi connectivity index (χ1v) is 9.25. The lowest BCUT2D eigenvalue weighted by atomic mass is 9.86. The van der Waals surface area contributed by atoms with E-state index in [2.05, 4.69) is 55.3 Å². The lowest BCUT2D eigenvalue weighted by Gasteiger charge is -2.20. The number of methoxy groups -OCH3 is 1. The van der Waals surface area contributed by atoms with Gasteiger partial charge in [-0.15, -0.1) is 0 Å². The number of pyridine rings is 1. The molecule has 4 heteroatoms. The van der Waals surface area contributed by atoms with E-state index in [-0.39, 0.29) is 17.4 Å². The van der Waals surface area contributed by atoms with E-state index < -0.39 is 0 Å². The number of nitrogens with zero attached hydrogens (tertiary/aromatic N) is 1. The largest absolute Gasteiger partial charge is 0.495 e. The standard InChI is InChI=1S/C22H28N2O2/c1-22(2,3)17-9-5-15(6-10-17)13-20(25)24-21(16-7-8-16)19-12-11-18(26-4)14-23-19/h5-6,9-12,14,16,21H,7-8,13H2,1-4H3,(H,24,25)/t21-/m1/s1. The summed E-state index contributed by atoms with van der Waals surface area (Å²) in [6, 6.07) is 12.2. The van der Waals surface area contributed by atoms with Crippen LogP contribution in [-0.2, 0) is 16.6 Å². The summed E-state index contributed by atoms with van der Waals surface area (Å²) in [7, 11) is 1.63. The molecule has 138 valence electrons. The van der Waals surface area contributed by atoms with Gasteiger partial charge in [-0.05, 0) is 47.4 Å². The van der Waals surface area contributed by atoms with Crippen molar-refractivity contribution in [3.8, 4) is 5.75 Å². The van der Waals surface area contributed by atoms with E-state index >= 15 is 0 Å². The molecule has 1 atom stereocenters. The number of ether oxygens (including phenoxy) is 1. The first-order valence-electron chi connectivity index (χ1n) is 9.25. The summed E-state index contributed by atoms with van der Waals surface area (Å²) >= 11 is 0. The number of hydrogen-bond donors (Lipinski definition) is 1. The zero-order valence-corrected chi connectivity index (χ0v) is 16.1. The van der Waals surface area contributed by atoms with Gasteiger partial charge in [0.15, 0.2) is 0 Å². The van der Waals surface area contributed by atoms with Crippen LogP contribution in [0, 0.1) is 5.92 Å². The molecule has 1 aliphatic carbocycles. The fraction of sp³-hybridized carbons (Fsp3) is 0.455. The Hall–Kier alpha value is -2.36. The van der Waals surface area contributed by atoms with Crippen LogP contribution < -0.4 is 10.1 Å². The van der Waals surface area contributed by atoms with Crippen LogP contribution in [0.3, 0.4) is 0 Å². The van der Waals surface area contributed by atoms with Gasteiger partial charge in [-0.3, -0.25) is 9.78 Å². The monoisotopic (exact) mass is 352 g/mol. The number of nitrogens with one attached hydrogen (secondary N) is 1. The first-order chi connectivity index (χ1) is 12.4. The van der Waals surface area contributed by atoms with Gasteiger partial charge in [0.25, 0.3) is 0 Å². The third-order valence-electron chi connectivity index (χ3n) is 4.91. The predicted octanol–water partition coefficient (Wildman–Crippen LogP) is 4.20. The second kappa shape index (κ2) is 7.48. The van der Waals surface area contributed by atoms with Crippen LogP contribution in [0.25, 0.3) is 0 Å². The van der Waals surface area contributed by atoms with E-state index in [1.54, 1.807) is 13.3 Å². The molecular formula is C22H28N2O2. The number of aromatic nitrogens is 1. The minimum absolute atomic E-state index is 0.0118. The summed E-state index contributed by atoms with van der Waals surface area (Å²) in [6.45, 7) is 6.57. The van der Waals surface area contributed by atoms with Crippen molar-refractivity contribution in [3.05, 3.63) is 59.4 Å². The summed E-state index contributed by atoms with van der Waals surface area (Å²) in [4.78, 5) is 17.0. The fourth-order valence-corrected chi connectivity index (χ4v) is 3.09. The van der Waals surface area contributed by atoms with Crippen LogP contribution in [0.2, 0.25) is 0 Å². The van der Waals surface area contributed by atoms with Gasteiger partial charge in [0.2, 0.25) is 5.91 Å². The normalized spacial score (nSPS) is 15.4. The molecule has 2 aromatic rings. The Morgan fingerprint density at radius 2 is 1.88 bits per heavy atom. The van der Waals surface area contributed by atoms with Crippen molar-refractivity contribution in [3.63, 3.8) is 0 Å². The Bertz CT molecular complexity index is 741. The quantitative estimate of drug-likeness (QED) is 0.848. The van der Waals surface area contributed by atoms with E-state index in [1.807, 2.05) is 12.1 Å². The number of carbonyl (C=O) groups excluding carboxylic acids is 1. The Balaban J connectivity index is 1.65. The van der Waals surface area contributed by atoms with Gasteiger partial charge in [-0.1, -0.05) is 45.0 Å². The minimum atomic E-state index is -0.0118. The summed E-state index contributed by atoms with van der Waals surface area (Å²) in [5.74, 6) is 1.26. The highest BCUT2D eigenvalue weighted by molar-refractivity contribution is 5.79. The number of carbonyl (C=O) groups is 1. The fourth-order valence-electron chi connectivity index (χ4n) is 3.09. The SMILES string of the molecule is COc1ccc([C@H](NC(=O)Cc2ccc(C(C)(C)C)cc2)C2CC2)nc1. The van der Waals surface area contributed by atoms with Gasteiger partial charge in [0.05, 0.1) is 31.5 Å². The number of hydrogen-bond acceptors (Lipinski definition) is 3. The maximum atomic E-state index is 12.6. The van der Waals surface area contributed by atoms with Crippen molar-refractivity contribution < 1.29 is 9.53 Å². The third-order valence-corrected chi connectivity index (χ3v) is 4.91. The van der Waals surface area contributed by atoms with Crippen molar-refractivity contribution >= 4 is 5.91 Å². The van der Waals surface area contributed by atoms with E-state index in [9.17, 15) is 4.79 Å². The lowest BCUT2D eigenvalue weighted by Crippen LogP contribution is -2.31. The molecule has 1 N–H and O–H groups in total. The van der Waals surface area contributed by atoms with Gasteiger partial charge >= 0.3 is 0 Å². The van der Waals surface area contributed by atoms with E-state index in [0.717, 1.165) is 29.8 Å². The molecule has 1 aromatic heterocycles. The highest BCUT2D eigenvalue weighted by Crippen LogP contribution is 2.40. The van der Waals surface area contributed by atoms with Gasteiger partial charge in [0.1, 0.15) is 5.75 Å². The Morgan fingerprint density at radius 3 is 2.38 bits per heavy atom. The van der Waals surface area contributed by atoms with Crippen molar-refractivity contribution in [1.82, 2.24) is 10.3 Å². The van der Waals surface area contributed by atoms with Crippen LogP contribution in [-0.4, -0.2) is 18.0 Å². The highest BCUT2D eigenvalue weighted by Gasteiger charge is 2.34. The molecule has 4 nitrogen and oxygen atoms in total. The summed E-state index contributed by atoms with van der Waals surface area (Å²) in [5, 5.41) is 3.18. The zero-order chi connectivity index (χ0) is 18.7. The summed E-state index contributed by atoms with van der Waals surface area (Å²) in [6.07, 6.45) is 4.38. The molecule has 1 fully saturated rings. The molecule has 0 bridgehead atoms. The van der Waals surface area contributed by atoms with Crippen LogP contribution >= 0.6 is 0 Å². The molecule has 26 heavy (non-hydrogen) atoms. The molecule has 0 spiro atoms. The molecular weight excluding hydrogens is 324 g/mol. The van der Waals surface area contributed by atoms with Crippen LogP contribution in [0.15, 0.2) is 42.6 Å². The molecule has 1 aromatic carbocycles. The Labute approximate surface area is 156 Å². The van der Waals surface area contributed by atoms with Crippen molar-refractivity contribution in [2.24, 2.45) is 5.92 Å². The number of rotatable bonds is 6. The predicted molar refractivity (Wildman–Crippen MR) is 103 cm³/mol. The van der Waals surface area contributed by atoms with E-state index in [0.29, 0.717) is 12.3 Å². The molecule has 0 saturated heterocycles. The molecule has 1 heterocycles. The summed E-state index contributed by atoms with van der Waals surface area (Å²) < 4.78 is 5.17. The maximum absolute atomic E-state index is 12.6. The second-order valence-corrected chi connectivity index (χ2v) is 8.13. The molecule has 0 unspecified atom stereocenters. The smallest absolute Gasteiger partial charge is 0.224 e. The van der Waals surface area contributed by atoms with E-state index in [4.69, 9.17) is 4.74 Å². The minimum Gasteiger partial charge on any atom is -0.495 e. The van der Waals surface area contributed by atoms with Gasteiger partial charge < -0.3 is 10.1 Å².